The number of aromatic nitrogens is 2. The summed E-state index contributed by atoms with van der Waals surface area (Å²) in [7, 11) is -1.13. The van der Waals surface area contributed by atoms with E-state index in [2.05, 4.69) is 36.2 Å². The Kier molecular flexibility index (Phi) is 4.73. The van der Waals surface area contributed by atoms with Crippen LogP contribution in [0.4, 0.5) is 5.69 Å². The van der Waals surface area contributed by atoms with Gasteiger partial charge in [-0.15, -0.1) is 0 Å². The van der Waals surface area contributed by atoms with Crippen molar-refractivity contribution in [1.29, 1.82) is 0 Å². The lowest BCUT2D eigenvalue weighted by atomic mass is 10.2. The minimum absolute atomic E-state index is 0.667. The summed E-state index contributed by atoms with van der Waals surface area (Å²) >= 11 is 0. The average molecular weight is 287 g/mol. The third kappa shape index (κ3) is 3.80. The molecule has 0 spiro atoms. The molecule has 0 saturated carbocycles. The van der Waals surface area contributed by atoms with E-state index in [1.165, 1.54) is 0 Å². The van der Waals surface area contributed by atoms with Gasteiger partial charge in [-0.25, -0.2) is 0 Å². The molecule has 4 nitrogen and oxygen atoms in total. The zero-order chi connectivity index (χ0) is 14.5. The van der Waals surface area contributed by atoms with E-state index < -0.39 is 9.04 Å². The molecule has 5 heteroatoms. The van der Waals surface area contributed by atoms with E-state index in [1.807, 2.05) is 42.2 Å². The van der Waals surface area contributed by atoms with Crippen LogP contribution in [-0.2, 0) is 6.54 Å². The van der Waals surface area contributed by atoms with Crippen molar-refractivity contribution in [2.45, 2.75) is 33.5 Å². The summed E-state index contributed by atoms with van der Waals surface area (Å²) in [5.74, 6) is 0.888. The first kappa shape index (κ1) is 14.5. The van der Waals surface area contributed by atoms with Crippen LogP contribution in [0.5, 0.6) is 5.75 Å². The molecule has 1 aromatic carbocycles. The van der Waals surface area contributed by atoms with Crippen molar-refractivity contribution >= 4 is 20.9 Å². The smallest absolute Gasteiger partial charge is 0.229 e. The van der Waals surface area contributed by atoms with Gasteiger partial charge in [-0.05, 0) is 44.6 Å². The van der Waals surface area contributed by atoms with Crippen molar-refractivity contribution in [3.63, 3.8) is 0 Å². The predicted molar refractivity (Wildman–Crippen MR) is 85.8 cm³/mol. The van der Waals surface area contributed by atoms with Crippen molar-refractivity contribution in [3.05, 3.63) is 41.7 Å². The number of aliphatic imine (C=N–C) groups is 1. The summed E-state index contributed by atoms with van der Waals surface area (Å²) < 4.78 is 7.81. The van der Waals surface area contributed by atoms with E-state index in [-0.39, 0.29) is 0 Å². The molecule has 2 rings (SSSR count). The monoisotopic (exact) mass is 287 g/mol. The maximum absolute atomic E-state index is 5.94. The van der Waals surface area contributed by atoms with Gasteiger partial charge in [0.15, 0.2) is 0 Å². The summed E-state index contributed by atoms with van der Waals surface area (Å²) in [6.07, 6.45) is 3.83. The highest BCUT2D eigenvalue weighted by molar-refractivity contribution is 6.49. The van der Waals surface area contributed by atoms with E-state index in [0.717, 1.165) is 22.7 Å². The van der Waals surface area contributed by atoms with Crippen molar-refractivity contribution in [2.75, 3.05) is 0 Å². The molecule has 20 heavy (non-hydrogen) atoms. The van der Waals surface area contributed by atoms with Crippen LogP contribution in [0.3, 0.4) is 0 Å². The normalized spacial score (nSPS) is 11.4. The number of para-hydroxylation sites is 1. The van der Waals surface area contributed by atoms with Gasteiger partial charge in [0.1, 0.15) is 11.4 Å². The molecular weight excluding hydrogens is 266 g/mol. The fourth-order valence-electron chi connectivity index (χ4n) is 1.93. The molecule has 0 aliphatic heterocycles. The first-order chi connectivity index (χ1) is 9.56. The number of rotatable bonds is 5. The van der Waals surface area contributed by atoms with Gasteiger partial charge in [-0.1, -0.05) is 12.1 Å². The van der Waals surface area contributed by atoms with E-state index >= 15 is 0 Å². The van der Waals surface area contributed by atoms with Gasteiger partial charge in [-0.2, -0.15) is 5.10 Å². The maximum atomic E-state index is 5.94. The second kappa shape index (κ2) is 6.52. The molecule has 1 aromatic heterocycles. The lowest BCUT2D eigenvalue weighted by Gasteiger charge is -2.13. The number of aryl methyl sites for hydroxylation is 2. The molecule has 0 unspecified atom stereocenters. The van der Waals surface area contributed by atoms with E-state index in [9.17, 15) is 0 Å². The van der Waals surface area contributed by atoms with E-state index in [1.54, 1.807) is 0 Å². The second-order valence-corrected chi connectivity index (χ2v) is 7.41. The van der Waals surface area contributed by atoms with E-state index in [4.69, 9.17) is 4.43 Å². The summed E-state index contributed by atoms with van der Waals surface area (Å²) in [5.41, 5.74) is 3.08. The number of nitrogens with zero attached hydrogens (tertiary/aromatic N) is 3. The van der Waals surface area contributed by atoms with Gasteiger partial charge < -0.3 is 4.43 Å². The summed E-state index contributed by atoms with van der Waals surface area (Å²) in [5, 5.41) is 4.34. The van der Waals surface area contributed by atoms with Crippen LogP contribution in [0.1, 0.15) is 11.3 Å². The Morgan fingerprint density at radius 2 is 2.10 bits per heavy atom. The van der Waals surface area contributed by atoms with Crippen LogP contribution in [-0.4, -0.2) is 25.0 Å². The maximum Gasteiger partial charge on any atom is 0.229 e. The minimum Gasteiger partial charge on any atom is -0.546 e. The van der Waals surface area contributed by atoms with Crippen LogP contribution in [0.15, 0.2) is 35.5 Å². The molecule has 0 saturated heterocycles. The van der Waals surface area contributed by atoms with Crippen LogP contribution < -0.4 is 4.43 Å². The van der Waals surface area contributed by atoms with Crippen molar-refractivity contribution < 1.29 is 4.43 Å². The topological polar surface area (TPSA) is 39.4 Å². The van der Waals surface area contributed by atoms with Gasteiger partial charge >= 0.3 is 0 Å². The summed E-state index contributed by atoms with van der Waals surface area (Å²) in [4.78, 5) is 4.57. The Hall–Kier alpha value is -1.88. The molecule has 0 aliphatic carbocycles. The van der Waals surface area contributed by atoms with Gasteiger partial charge in [0, 0.05) is 12.4 Å². The molecule has 2 aromatic rings. The summed E-state index contributed by atoms with van der Waals surface area (Å²) in [6, 6.07) is 8.04. The number of hydrogen-bond donors (Lipinski definition) is 0. The molecule has 106 valence electrons. The fraction of sp³-hybridized carbons (Fsp3) is 0.333. The minimum atomic E-state index is -1.13. The lowest BCUT2D eigenvalue weighted by Crippen LogP contribution is -2.11. The fourth-order valence-corrected chi connectivity index (χ4v) is 2.63. The van der Waals surface area contributed by atoms with Crippen molar-refractivity contribution in [3.8, 4) is 5.75 Å². The Bertz CT molecular complexity index is 605. The SMILES string of the molecule is Cc1ccn(CC=Nc2c(C)cccc2O[SiH](C)C)n1. The molecule has 0 N–H and O–H groups in total. The predicted octanol–water partition coefficient (Wildman–Crippen LogP) is 3.26. The van der Waals surface area contributed by atoms with Gasteiger partial charge in [0.25, 0.3) is 0 Å². The molecule has 0 amide bonds. The first-order valence-electron chi connectivity index (χ1n) is 6.85. The first-order valence-corrected chi connectivity index (χ1v) is 9.63. The zero-order valence-electron chi connectivity index (χ0n) is 12.5. The third-order valence-electron chi connectivity index (χ3n) is 2.83. The Morgan fingerprint density at radius 1 is 1.30 bits per heavy atom. The zero-order valence-corrected chi connectivity index (χ0v) is 13.7. The van der Waals surface area contributed by atoms with Crippen LogP contribution in [0.2, 0.25) is 13.1 Å². The van der Waals surface area contributed by atoms with Crippen LogP contribution in [0.25, 0.3) is 0 Å². The van der Waals surface area contributed by atoms with Gasteiger partial charge in [-0.3, -0.25) is 9.67 Å². The molecule has 0 aliphatic rings. The largest absolute Gasteiger partial charge is 0.546 e. The third-order valence-corrected chi connectivity index (χ3v) is 3.55. The number of hydrogen-bond acceptors (Lipinski definition) is 3. The molecular formula is C15H21N3OSi. The molecule has 0 fully saturated rings. The second-order valence-electron chi connectivity index (χ2n) is 5.08. The highest BCUT2D eigenvalue weighted by Gasteiger charge is 2.07. The molecule has 0 bridgehead atoms. The lowest BCUT2D eigenvalue weighted by molar-refractivity contribution is 0.581. The quantitative estimate of drug-likeness (QED) is 0.625. The number of benzene rings is 1. The average Bonchev–Trinajstić information content (AvgIpc) is 2.78. The molecule has 0 radical (unpaired) electrons. The standard InChI is InChI=1S/C15H21N3OSi/c1-12-6-5-7-14(19-20(3)4)15(12)16-9-11-18-10-8-13(2)17-18/h5-10,20H,11H2,1-4H3. The van der Waals surface area contributed by atoms with Crippen molar-refractivity contribution in [1.82, 2.24) is 9.78 Å². The highest BCUT2D eigenvalue weighted by Crippen LogP contribution is 2.31. The molecule has 1 heterocycles. The van der Waals surface area contributed by atoms with Crippen LogP contribution >= 0.6 is 0 Å². The highest BCUT2D eigenvalue weighted by atomic mass is 28.3. The molecule has 0 atom stereocenters. The summed E-state index contributed by atoms with van der Waals surface area (Å²) in [6.45, 7) is 9.01. The Balaban J connectivity index is 2.15. The Labute approximate surface area is 121 Å². The van der Waals surface area contributed by atoms with Crippen molar-refractivity contribution in [2.24, 2.45) is 4.99 Å². The van der Waals surface area contributed by atoms with E-state index in [0.29, 0.717) is 6.54 Å². The Morgan fingerprint density at radius 3 is 2.75 bits per heavy atom. The van der Waals surface area contributed by atoms with Gasteiger partial charge in [0.05, 0.1) is 12.2 Å². The van der Waals surface area contributed by atoms with Crippen LogP contribution in [0, 0.1) is 13.8 Å². The van der Waals surface area contributed by atoms with Gasteiger partial charge in [0.2, 0.25) is 9.04 Å².